The lowest BCUT2D eigenvalue weighted by Crippen LogP contribution is -2.62. The maximum absolute atomic E-state index is 13.6. The summed E-state index contributed by atoms with van der Waals surface area (Å²) in [7, 11) is -0.0905. The Kier molecular flexibility index (Phi) is 11.8. The van der Waals surface area contributed by atoms with Gasteiger partial charge in [-0.2, -0.15) is 0 Å². The molecule has 0 amide bonds. The standard InChI is InChI=1S/C37H35NO9S/c1-3-48(42)37-31(38-23-25-19-21-29(43-2)22-20-25)33(47-36(41)28-17-11-6-12-18-28)32(46-35(40)27-15-9-5-10-16-27)30(45-37)24-44-34(39)26-13-7-4-8-14-26/h4-23,30-33,37H,3,24H2,1-2H3/t30-,31-,32-,33-,37+,48?/m1/s1. The number of ether oxygens (including phenoxy) is 5. The zero-order valence-electron chi connectivity index (χ0n) is 26.4. The molecule has 0 aromatic heterocycles. The van der Waals surface area contributed by atoms with Crippen molar-refractivity contribution in [3.05, 3.63) is 138 Å². The van der Waals surface area contributed by atoms with Crippen LogP contribution in [0.5, 0.6) is 5.75 Å². The van der Waals surface area contributed by atoms with E-state index < -0.39 is 65.1 Å². The Bertz CT molecular complexity index is 1720. The molecule has 10 nitrogen and oxygen atoms in total. The fourth-order valence-corrected chi connectivity index (χ4v) is 6.18. The van der Waals surface area contributed by atoms with E-state index >= 15 is 0 Å². The molecule has 0 saturated carbocycles. The van der Waals surface area contributed by atoms with Crippen LogP contribution in [0, 0.1) is 0 Å². The smallest absolute Gasteiger partial charge is 0.338 e. The van der Waals surface area contributed by atoms with Crippen LogP contribution in [0.2, 0.25) is 0 Å². The summed E-state index contributed by atoms with van der Waals surface area (Å²) >= 11 is 0. The summed E-state index contributed by atoms with van der Waals surface area (Å²) < 4.78 is 42.9. The van der Waals surface area contributed by atoms with Crippen LogP contribution < -0.4 is 4.74 Å². The minimum absolute atomic E-state index is 0.184. The molecule has 4 aromatic rings. The van der Waals surface area contributed by atoms with Crippen molar-refractivity contribution in [1.82, 2.24) is 0 Å². The zero-order chi connectivity index (χ0) is 33.9. The maximum Gasteiger partial charge on any atom is 0.338 e. The third-order valence-electron chi connectivity index (χ3n) is 7.56. The largest absolute Gasteiger partial charge is 0.497 e. The SMILES string of the molecule is CCS(=O)[C@@H]1O[C@H](COC(=O)c2ccccc2)[C@@H](OC(=O)c2ccccc2)[C@H](OC(=O)c2ccccc2)[C@H]1N=Cc1ccc(OC)cc1. The van der Waals surface area contributed by atoms with Crippen LogP contribution in [-0.4, -0.2) is 77.6 Å². The first-order valence-corrected chi connectivity index (χ1v) is 16.7. The molecule has 1 heterocycles. The van der Waals surface area contributed by atoms with E-state index in [9.17, 15) is 18.6 Å². The van der Waals surface area contributed by atoms with Gasteiger partial charge in [0.25, 0.3) is 0 Å². The topological polar surface area (TPSA) is 127 Å². The van der Waals surface area contributed by atoms with Gasteiger partial charge in [0.15, 0.2) is 17.6 Å². The Balaban J connectivity index is 1.55. The fourth-order valence-electron chi connectivity index (χ4n) is 5.05. The van der Waals surface area contributed by atoms with E-state index in [-0.39, 0.29) is 16.9 Å². The lowest BCUT2D eigenvalue weighted by atomic mass is 9.97. The first-order chi connectivity index (χ1) is 23.4. The second-order valence-electron chi connectivity index (χ2n) is 10.7. The van der Waals surface area contributed by atoms with Gasteiger partial charge in [0.2, 0.25) is 0 Å². The van der Waals surface area contributed by atoms with E-state index in [1.54, 1.807) is 136 Å². The summed E-state index contributed by atoms with van der Waals surface area (Å²) in [5, 5.41) is 0. The number of rotatable bonds is 12. The van der Waals surface area contributed by atoms with E-state index in [0.717, 1.165) is 0 Å². The van der Waals surface area contributed by atoms with Crippen molar-refractivity contribution in [3.63, 3.8) is 0 Å². The molecule has 1 aliphatic rings. The molecule has 1 saturated heterocycles. The van der Waals surface area contributed by atoms with Crippen LogP contribution in [0.25, 0.3) is 0 Å². The van der Waals surface area contributed by atoms with Gasteiger partial charge in [0, 0.05) is 12.0 Å². The van der Waals surface area contributed by atoms with Crippen LogP contribution in [0.1, 0.15) is 43.6 Å². The predicted octanol–water partition coefficient (Wildman–Crippen LogP) is 5.28. The summed E-state index contributed by atoms with van der Waals surface area (Å²) in [6.07, 6.45) is -2.25. The highest BCUT2D eigenvalue weighted by Crippen LogP contribution is 2.32. The van der Waals surface area contributed by atoms with Crippen molar-refractivity contribution < 1.29 is 42.3 Å². The van der Waals surface area contributed by atoms with Gasteiger partial charge in [-0.3, -0.25) is 9.20 Å². The van der Waals surface area contributed by atoms with Gasteiger partial charge in [-0.1, -0.05) is 61.5 Å². The van der Waals surface area contributed by atoms with Crippen molar-refractivity contribution in [3.8, 4) is 5.75 Å². The molecule has 48 heavy (non-hydrogen) atoms. The van der Waals surface area contributed by atoms with Crippen LogP contribution in [-0.2, 0) is 29.7 Å². The molecule has 6 atom stereocenters. The Hall–Kier alpha value is -5.13. The predicted molar refractivity (Wildman–Crippen MR) is 180 cm³/mol. The van der Waals surface area contributed by atoms with Crippen LogP contribution in [0.3, 0.4) is 0 Å². The molecule has 1 fully saturated rings. The number of hydrogen-bond acceptors (Lipinski definition) is 10. The van der Waals surface area contributed by atoms with Crippen molar-refractivity contribution >= 4 is 34.9 Å². The molecule has 5 rings (SSSR count). The first kappa shape index (κ1) is 34.2. The quantitative estimate of drug-likeness (QED) is 0.112. The van der Waals surface area contributed by atoms with Crippen LogP contribution in [0.4, 0.5) is 0 Å². The van der Waals surface area contributed by atoms with Gasteiger partial charge in [0.1, 0.15) is 24.5 Å². The zero-order valence-corrected chi connectivity index (χ0v) is 27.2. The van der Waals surface area contributed by atoms with Crippen LogP contribution in [0.15, 0.2) is 120 Å². The summed E-state index contributed by atoms with van der Waals surface area (Å²) in [5.74, 6) is -1.25. The highest BCUT2D eigenvalue weighted by molar-refractivity contribution is 7.85. The van der Waals surface area contributed by atoms with Crippen molar-refractivity contribution in [2.45, 2.75) is 36.7 Å². The molecule has 0 radical (unpaired) electrons. The average Bonchev–Trinajstić information content (AvgIpc) is 3.14. The Morgan fingerprint density at radius 1 is 0.729 bits per heavy atom. The van der Waals surface area contributed by atoms with Gasteiger partial charge < -0.3 is 23.7 Å². The molecule has 4 aromatic carbocycles. The van der Waals surface area contributed by atoms with Gasteiger partial charge in [-0.25, -0.2) is 14.4 Å². The Morgan fingerprint density at radius 2 is 1.23 bits per heavy atom. The second kappa shape index (κ2) is 16.6. The van der Waals surface area contributed by atoms with E-state index in [1.165, 1.54) is 0 Å². The maximum atomic E-state index is 13.6. The molecular weight excluding hydrogens is 634 g/mol. The number of carbonyl (C=O) groups is 3. The number of nitrogens with zero attached hydrogens (tertiary/aromatic N) is 1. The number of benzene rings is 4. The average molecular weight is 670 g/mol. The molecule has 1 unspecified atom stereocenters. The molecule has 0 aliphatic carbocycles. The van der Waals surface area contributed by atoms with E-state index in [1.807, 2.05) is 0 Å². The molecule has 11 heteroatoms. The van der Waals surface area contributed by atoms with Crippen molar-refractivity contribution in [2.75, 3.05) is 19.5 Å². The minimum Gasteiger partial charge on any atom is -0.497 e. The van der Waals surface area contributed by atoms with E-state index in [2.05, 4.69) is 0 Å². The Morgan fingerprint density at radius 3 is 1.73 bits per heavy atom. The van der Waals surface area contributed by atoms with Gasteiger partial charge in [-0.05, 0) is 66.2 Å². The highest BCUT2D eigenvalue weighted by atomic mass is 32.2. The molecule has 0 N–H and O–H groups in total. The number of hydrogen-bond donors (Lipinski definition) is 0. The molecular formula is C37H35NO9S. The molecule has 0 spiro atoms. The van der Waals surface area contributed by atoms with Gasteiger partial charge in [-0.15, -0.1) is 0 Å². The lowest BCUT2D eigenvalue weighted by Gasteiger charge is -2.43. The lowest BCUT2D eigenvalue weighted by molar-refractivity contribution is -0.170. The third-order valence-corrected chi connectivity index (χ3v) is 9.04. The third kappa shape index (κ3) is 8.61. The van der Waals surface area contributed by atoms with Gasteiger partial charge >= 0.3 is 17.9 Å². The van der Waals surface area contributed by atoms with E-state index in [4.69, 9.17) is 28.7 Å². The normalized spacial score (nSPS) is 21.2. The highest BCUT2D eigenvalue weighted by Gasteiger charge is 2.52. The number of esters is 3. The summed E-state index contributed by atoms with van der Waals surface area (Å²) in [5.41, 5.74) is 0.346. The summed E-state index contributed by atoms with van der Waals surface area (Å²) in [6.45, 7) is 1.33. The van der Waals surface area contributed by atoms with E-state index in [0.29, 0.717) is 16.9 Å². The monoisotopic (exact) mass is 669 g/mol. The molecule has 248 valence electrons. The number of carbonyl (C=O) groups excluding carboxylic acids is 3. The van der Waals surface area contributed by atoms with Crippen LogP contribution >= 0.6 is 0 Å². The summed E-state index contributed by atoms with van der Waals surface area (Å²) in [6, 6.07) is 30.9. The Labute approximate surface area is 281 Å². The molecule has 0 bridgehead atoms. The summed E-state index contributed by atoms with van der Waals surface area (Å²) in [4.78, 5) is 44.8. The first-order valence-electron chi connectivity index (χ1n) is 15.3. The van der Waals surface area contributed by atoms with Gasteiger partial charge in [0.05, 0.1) is 34.6 Å². The number of aliphatic imine (C=N–C) groups is 1. The molecule has 1 aliphatic heterocycles. The fraction of sp³-hybridized carbons (Fsp3) is 0.243. The minimum atomic E-state index is -1.65. The van der Waals surface area contributed by atoms with Crippen molar-refractivity contribution in [1.29, 1.82) is 0 Å². The second-order valence-corrected chi connectivity index (χ2v) is 12.5. The number of methoxy groups -OCH3 is 1. The van der Waals surface area contributed by atoms with Crippen molar-refractivity contribution in [2.24, 2.45) is 4.99 Å².